The minimum Gasteiger partial charge on any atom is -0.343 e. The van der Waals surface area contributed by atoms with Crippen LogP contribution in [0.4, 0.5) is 4.39 Å². The zero-order valence-corrected chi connectivity index (χ0v) is 13.7. The lowest BCUT2D eigenvalue weighted by atomic mass is 10.0. The number of hydrogen-bond acceptors (Lipinski definition) is 1. The molecule has 1 heterocycles. The maximum Gasteiger partial charge on any atom is 0.123 e. The molecule has 0 saturated carbocycles. The molecule has 0 amide bonds. The van der Waals surface area contributed by atoms with E-state index in [4.69, 9.17) is 0 Å². The molecule has 2 aromatic rings. The average molecular weight is 296 g/mol. The van der Waals surface area contributed by atoms with Crippen molar-refractivity contribution in [1.29, 1.82) is 5.26 Å². The first-order valence-corrected chi connectivity index (χ1v) is 7.31. The topological polar surface area (TPSA) is 28.7 Å². The highest BCUT2D eigenvalue weighted by atomic mass is 19.1. The van der Waals surface area contributed by atoms with Gasteiger partial charge in [0.15, 0.2) is 0 Å². The molecule has 0 atom stereocenters. The Morgan fingerprint density at radius 3 is 2.41 bits per heavy atom. The van der Waals surface area contributed by atoms with E-state index in [2.05, 4.69) is 44.4 Å². The molecule has 0 aliphatic heterocycles. The minimum atomic E-state index is -0.334. The third-order valence-electron chi connectivity index (χ3n) is 3.70. The third kappa shape index (κ3) is 3.12. The summed E-state index contributed by atoms with van der Waals surface area (Å²) in [5.74, 6) is -0.334. The van der Waals surface area contributed by atoms with Gasteiger partial charge in [0.25, 0.3) is 0 Å². The van der Waals surface area contributed by atoms with Crippen molar-refractivity contribution in [1.82, 2.24) is 4.57 Å². The lowest BCUT2D eigenvalue weighted by Gasteiger charge is -2.25. The van der Waals surface area contributed by atoms with Crippen molar-refractivity contribution in [2.24, 2.45) is 0 Å². The Morgan fingerprint density at radius 1 is 1.23 bits per heavy atom. The molecule has 2 nitrogen and oxygen atoms in total. The lowest BCUT2D eigenvalue weighted by Crippen LogP contribution is -2.24. The van der Waals surface area contributed by atoms with Crippen LogP contribution in [-0.2, 0) is 5.54 Å². The van der Waals surface area contributed by atoms with E-state index in [1.54, 1.807) is 12.1 Å². The van der Waals surface area contributed by atoms with Crippen molar-refractivity contribution >= 4 is 11.6 Å². The standard InChI is InChI=1S/C19H21FN2/c1-13-9-16(14(2)22(13)19(3,4)5)10-17(12-21)15-7-6-8-18(20)11-15/h6-11H,1-5H3/b17-10-. The van der Waals surface area contributed by atoms with Crippen molar-refractivity contribution in [3.05, 3.63) is 58.7 Å². The Morgan fingerprint density at radius 2 is 1.91 bits per heavy atom. The van der Waals surface area contributed by atoms with Crippen molar-refractivity contribution < 1.29 is 4.39 Å². The minimum absolute atomic E-state index is 0.0219. The SMILES string of the molecule is Cc1cc(/C=C(/C#N)c2cccc(F)c2)c(C)n1C(C)(C)C. The predicted octanol–water partition coefficient (Wildman–Crippen LogP) is 5.06. The van der Waals surface area contributed by atoms with Crippen molar-refractivity contribution in [2.45, 2.75) is 40.2 Å². The van der Waals surface area contributed by atoms with Crippen LogP contribution in [0.25, 0.3) is 11.6 Å². The summed E-state index contributed by atoms with van der Waals surface area (Å²) in [6, 6.07) is 10.4. The van der Waals surface area contributed by atoms with Crippen LogP contribution >= 0.6 is 0 Å². The number of allylic oxidation sites excluding steroid dienone is 1. The summed E-state index contributed by atoms with van der Waals surface area (Å²) in [5, 5.41) is 9.41. The van der Waals surface area contributed by atoms with Crippen molar-refractivity contribution in [3.63, 3.8) is 0 Å². The molecule has 0 aliphatic carbocycles. The van der Waals surface area contributed by atoms with E-state index < -0.39 is 0 Å². The predicted molar refractivity (Wildman–Crippen MR) is 88.8 cm³/mol. The number of nitriles is 1. The Balaban J connectivity index is 2.55. The summed E-state index contributed by atoms with van der Waals surface area (Å²) in [6.45, 7) is 10.6. The molecule has 2 rings (SSSR count). The maximum atomic E-state index is 13.4. The van der Waals surface area contributed by atoms with Crippen LogP contribution in [0.5, 0.6) is 0 Å². The molecule has 0 spiro atoms. The van der Waals surface area contributed by atoms with E-state index in [-0.39, 0.29) is 11.4 Å². The molecule has 0 unspecified atom stereocenters. The largest absolute Gasteiger partial charge is 0.343 e. The van der Waals surface area contributed by atoms with Crippen LogP contribution < -0.4 is 0 Å². The number of aromatic nitrogens is 1. The average Bonchev–Trinajstić information content (AvgIpc) is 2.70. The smallest absolute Gasteiger partial charge is 0.123 e. The molecule has 1 aromatic heterocycles. The summed E-state index contributed by atoms with van der Waals surface area (Å²) >= 11 is 0. The molecule has 1 aromatic carbocycles. The molecule has 0 fully saturated rings. The Labute approximate surface area is 131 Å². The van der Waals surface area contributed by atoms with E-state index in [9.17, 15) is 9.65 Å². The molecule has 114 valence electrons. The molecule has 0 saturated heterocycles. The molecule has 0 aliphatic rings. The Hall–Kier alpha value is -2.34. The highest BCUT2D eigenvalue weighted by Crippen LogP contribution is 2.27. The molecule has 0 radical (unpaired) electrons. The summed E-state index contributed by atoms with van der Waals surface area (Å²) in [4.78, 5) is 0. The zero-order chi connectivity index (χ0) is 16.5. The number of nitrogens with zero attached hydrogens (tertiary/aromatic N) is 2. The normalized spacial score (nSPS) is 12.3. The summed E-state index contributed by atoms with van der Waals surface area (Å²) < 4.78 is 15.6. The number of benzene rings is 1. The number of halogens is 1. The van der Waals surface area contributed by atoms with E-state index in [0.717, 1.165) is 17.0 Å². The first-order valence-electron chi connectivity index (χ1n) is 7.31. The van der Waals surface area contributed by atoms with E-state index >= 15 is 0 Å². The van der Waals surface area contributed by atoms with Gasteiger partial charge in [-0.2, -0.15) is 5.26 Å². The van der Waals surface area contributed by atoms with E-state index in [1.165, 1.54) is 12.1 Å². The maximum absolute atomic E-state index is 13.4. The van der Waals surface area contributed by atoms with Crippen LogP contribution in [0.15, 0.2) is 30.3 Å². The van der Waals surface area contributed by atoms with Crippen molar-refractivity contribution in [2.75, 3.05) is 0 Å². The van der Waals surface area contributed by atoms with Crippen LogP contribution in [0, 0.1) is 31.0 Å². The monoisotopic (exact) mass is 296 g/mol. The van der Waals surface area contributed by atoms with Gasteiger partial charge in [0.2, 0.25) is 0 Å². The second-order valence-corrected chi connectivity index (χ2v) is 6.51. The third-order valence-corrected chi connectivity index (χ3v) is 3.70. The Kier molecular flexibility index (Phi) is 4.23. The molecule has 0 N–H and O–H groups in total. The van der Waals surface area contributed by atoms with Gasteiger partial charge in [-0.3, -0.25) is 0 Å². The fourth-order valence-electron chi connectivity index (χ4n) is 2.96. The first-order chi connectivity index (χ1) is 10.2. The van der Waals surface area contributed by atoms with Gasteiger partial charge in [-0.15, -0.1) is 0 Å². The second-order valence-electron chi connectivity index (χ2n) is 6.51. The molecule has 0 bridgehead atoms. The molecular formula is C19H21FN2. The van der Waals surface area contributed by atoms with Gasteiger partial charge in [-0.1, -0.05) is 12.1 Å². The molecule has 22 heavy (non-hydrogen) atoms. The zero-order valence-electron chi connectivity index (χ0n) is 13.7. The van der Waals surface area contributed by atoms with E-state index in [0.29, 0.717) is 11.1 Å². The molecular weight excluding hydrogens is 275 g/mol. The molecule has 3 heteroatoms. The highest BCUT2D eigenvalue weighted by Gasteiger charge is 2.19. The summed E-state index contributed by atoms with van der Waals surface area (Å²) in [7, 11) is 0. The van der Waals surface area contributed by atoms with Crippen LogP contribution in [0.1, 0.15) is 43.3 Å². The van der Waals surface area contributed by atoms with Gasteiger partial charge in [-0.05, 0) is 70.0 Å². The highest BCUT2D eigenvalue weighted by molar-refractivity contribution is 5.90. The number of hydrogen-bond donors (Lipinski definition) is 0. The van der Waals surface area contributed by atoms with Crippen LogP contribution in [-0.4, -0.2) is 4.57 Å². The number of rotatable bonds is 2. The van der Waals surface area contributed by atoms with Crippen LogP contribution in [0.2, 0.25) is 0 Å². The van der Waals surface area contributed by atoms with Gasteiger partial charge in [0.1, 0.15) is 5.82 Å². The van der Waals surface area contributed by atoms with Crippen molar-refractivity contribution in [3.8, 4) is 6.07 Å². The fourth-order valence-corrected chi connectivity index (χ4v) is 2.96. The Bertz CT molecular complexity index is 768. The summed E-state index contributed by atoms with van der Waals surface area (Å²) in [5.41, 5.74) is 4.29. The van der Waals surface area contributed by atoms with Gasteiger partial charge >= 0.3 is 0 Å². The van der Waals surface area contributed by atoms with Gasteiger partial charge in [0, 0.05) is 16.9 Å². The lowest BCUT2D eigenvalue weighted by molar-refractivity contribution is 0.383. The van der Waals surface area contributed by atoms with Gasteiger partial charge in [0.05, 0.1) is 11.6 Å². The second kappa shape index (κ2) is 5.81. The van der Waals surface area contributed by atoms with Crippen LogP contribution in [0.3, 0.4) is 0 Å². The first kappa shape index (κ1) is 16.0. The summed E-state index contributed by atoms with van der Waals surface area (Å²) in [6.07, 6.45) is 1.83. The fraction of sp³-hybridized carbons (Fsp3) is 0.316. The van der Waals surface area contributed by atoms with E-state index in [1.807, 2.05) is 13.0 Å². The number of aryl methyl sites for hydroxylation is 1. The quantitative estimate of drug-likeness (QED) is 0.712. The van der Waals surface area contributed by atoms with Gasteiger partial charge in [-0.25, -0.2) is 4.39 Å². The van der Waals surface area contributed by atoms with Gasteiger partial charge < -0.3 is 4.57 Å².